The Bertz CT molecular complexity index is 1330. The first-order chi connectivity index (χ1) is 12.8. The molecule has 3 heterocycles. The monoisotopic (exact) mass is 452 g/mol. The number of aromatic amines is 2. The van der Waals surface area contributed by atoms with E-state index in [9.17, 15) is 16.8 Å². The third-order valence-corrected chi connectivity index (χ3v) is 6.18. The summed E-state index contributed by atoms with van der Waals surface area (Å²) in [6, 6.07) is 13.6. The van der Waals surface area contributed by atoms with E-state index in [1.54, 1.807) is 48.5 Å². The summed E-state index contributed by atoms with van der Waals surface area (Å²) < 4.78 is 62.6. The quantitative estimate of drug-likeness (QED) is 0.390. The van der Waals surface area contributed by atoms with Gasteiger partial charge in [0.2, 0.25) is 0 Å². The molecule has 0 atom stereocenters. The number of nitrogens with one attached hydrogen (secondary N) is 2. The third kappa shape index (κ3) is 3.99. The largest absolute Gasteiger partial charge is 0.466 e. The number of benzene rings is 2. The van der Waals surface area contributed by atoms with Gasteiger partial charge in [-0.15, -0.1) is 0 Å². The smallest absolute Gasteiger partial charge is 0.358 e. The Morgan fingerprint density at radius 3 is 1.41 bits per heavy atom. The predicted octanol–water partition coefficient (Wildman–Crippen LogP) is 1.83. The molecule has 2 N–H and O–H groups in total. The number of hydrogen-bond acceptors (Lipinski definition) is 7. The van der Waals surface area contributed by atoms with Crippen LogP contribution in [-0.4, -0.2) is 85.9 Å². The molecule has 0 aliphatic carbocycles. The Balaban J connectivity index is 0.00000120. The molecule has 13 heteroatoms. The Labute approximate surface area is 210 Å². The van der Waals surface area contributed by atoms with Crippen LogP contribution in [0.4, 0.5) is 0 Å². The molecule has 140 valence electrons. The second-order valence-electron chi connectivity index (χ2n) is 5.80. The SMILES string of the molecule is O=S1(=O)Oc2c([nH]c3ccccc23)-c2[nH]c3ccccc3c2OS(=O)(=O)O1.[Na].[Na]. The van der Waals surface area contributed by atoms with Crippen LogP contribution in [0.1, 0.15) is 0 Å². The molecule has 0 saturated carbocycles. The average Bonchev–Trinajstić information content (AvgIpc) is 3.12. The summed E-state index contributed by atoms with van der Waals surface area (Å²) in [6.45, 7) is 0. The zero-order chi connectivity index (χ0) is 18.8. The molecule has 4 aromatic rings. The van der Waals surface area contributed by atoms with Crippen molar-refractivity contribution in [2.75, 3.05) is 0 Å². The predicted molar refractivity (Wildman–Crippen MR) is 107 cm³/mol. The molecule has 2 aromatic heterocycles. The van der Waals surface area contributed by atoms with E-state index in [4.69, 9.17) is 8.37 Å². The summed E-state index contributed by atoms with van der Waals surface area (Å²) >= 11 is 0. The molecule has 0 fully saturated rings. The van der Waals surface area contributed by atoms with Gasteiger partial charge in [-0.3, -0.25) is 0 Å². The molecule has 2 radical (unpaired) electrons. The summed E-state index contributed by atoms with van der Waals surface area (Å²) in [7, 11) is -9.89. The van der Waals surface area contributed by atoms with Crippen LogP contribution in [0, 0.1) is 0 Å². The van der Waals surface area contributed by atoms with Crippen molar-refractivity contribution in [3.05, 3.63) is 48.5 Å². The van der Waals surface area contributed by atoms with Crippen LogP contribution in [0.3, 0.4) is 0 Å². The minimum Gasteiger partial charge on any atom is -0.358 e. The number of aromatic nitrogens is 2. The van der Waals surface area contributed by atoms with E-state index < -0.39 is 20.8 Å². The molecule has 0 amide bonds. The van der Waals surface area contributed by atoms with E-state index in [1.807, 2.05) is 0 Å². The third-order valence-electron chi connectivity index (χ3n) is 4.10. The number of hydrogen-bond donors (Lipinski definition) is 2. The molecular weight excluding hydrogens is 442 g/mol. The molecule has 29 heavy (non-hydrogen) atoms. The summed E-state index contributed by atoms with van der Waals surface area (Å²) in [6.07, 6.45) is 0. The van der Waals surface area contributed by atoms with Gasteiger partial charge in [-0.05, 0) is 24.3 Å². The maximum Gasteiger partial charge on any atom is 0.466 e. The van der Waals surface area contributed by atoms with Crippen molar-refractivity contribution in [2.24, 2.45) is 0 Å². The van der Waals surface area contributed by atoms with Crippen LogP contribution in [0.25, 0.3) is 33.2 Å². The Hall–Kier alpha value is -1.02. The van der Waals surface area contributed by atoms with Gasteiger partial charge < -0.3 is 18.3 Å². The maximum atomic E-state index is 12.1. The molecule has 0 bridgehead atoms. The van der Waals surface area contributed by atoms with E-state index in [0.29, 0.717) is 21.8 Å². The van der Waals surface area contributed by atoms with Crippen LogP contribution in [-0.2, 0) is 24.4 Å². The van der Waals surface area contributed by atoms with Gasteiger partial charge in [-0.25, -0.2) is 0 Å². The Kier molecular flexibility index (Phi) is 6.18. The second kappa shape index (κ2) is 7.91. The van der Waals surface area contributed by atoms with Crippen molar-refractivity contribution < 1.29 is 28.8 Å². The van der Waals surface area contributed by atoms with Crippen molar-refractivity contribution >= 4 is 102 Å². The van der Waals surface area contributed by atoms with E-state index in [-0.39, 0.29) is 82.0 Å². The van der Waals surface area contributed by atoms with Gasteiger partial charge in [0.1, 0.15) is 11.4 Å². The van der Waals surface area contributed by atoms with Crippen LogP contribution < -0.4 is 8.37 Å². The van der Waals surface area contributed by atoms with Crippen LogP contribution in [0.15, 0.2) is 48.5 Å². The topological polar surface area (TPSA) is 128 Å². The first-order valence-corrected chi connectivity index (χ1v) is 10.3. The van der Waals surface area contributed by atoms with E-state index >= 15 is 0 Å². The van der Waals surface area contributed by atoms with E-state index in [1.165, 1.54) is 0 Å². The van der Waals surface area contributed by atoms with Gasteiger partial charge in [0.05, 0.1) is 0 Å². The van der Waals surface area contributed by atoms with Gasteiger partial charge in [-0.2, -0.15) is 16.8 Å². The number of para-hydroxylation sites is 2. The molecular formula is C16H10N2Na2O7S2. The van der Waals surface area contributed by atoms with Crippen molar-refractivity contribution in [1.29, 1.82) is 0 Å². The molecule has 1 aliphatic heterocycles. The van der Waals surface area contributed by atoms with Gasteiger partial charge in [0.25, 0.3) is 0 Å². The summed E-state index contributed by atoms with van der Waals surface area (Å²) in [4.78, 5) is 6.09. The first kappa shape index (κ1) is 22.7. The molecule has 5 rings (SSSR count). The van der Waals surface area contributed by atoms with Crippen molar-refractivity contribution in [1.82, 2.24) is 9.97 Å². The fourth-order valence-electron chi connectivity index (χ4n) is 3.09. The minimum atomic E-state index is -4.94. The zero-order valence-electron chi connectivity index (χ0n) is 15.3. The first-order valence-electron chi connectivity index (χ1n) is 7.65. The summed E-state index contributed by atoms with van der Waals surface area (Å²) in [5, 5.41) is 0.868. The van der Waals surface area contributed by atoms with Gasteiger partial charge in [-0.1, -0.05) is 27.9 Å². The average molecular weight is 452 g/mol. The van der Waals surface area contributed by atoms with Crippen molar-refractivity contribution in [2.45, 2.75) is 0 Å². The molecule has 1 aliphatic rings. The normalized spacial score (nSPS) is 16.6. The van der Waals surface area contributed by atoms with Gasteiger partial charge in [0.15, 0.2) is 11.5 Å². The summed E-state index contributed by atoms with van der Waals surface area (Å²) in [5.74, 6) is -0.196. The number of rotatable bonds is 0. The Morgan fingerprint density at radius 2 is 1.00 bits per heavy atom. The molecule has 2 aromatic carbocycles. The van der Waals surface area contributed by atoms with Crippen LogP contribution in [0.5, 0.6) is 11.5 Å². The molecule has 0 unspecified atom stereocenters. The van der Waals surface area contributed by atoms with Crippen LogP contribution in [0.2, 0.25) is 0 Å². The fraction of sp³-hybridized carbons (Fsp3) is 0. The fourth-order valence-corrected chi connectivity index (χ4v) is 4.88. The minimum absolute atomic E-state index is 0. The van der Waals surface area contributed by atoms with E-state index in [0.717, 1.165) is 0 Å². The standard InChI is InChI=1S/C16H10N2O7S2.2Na/c19-26(20)23-15-9-5-1-3-7-11(9)17-13(15)14-16(24-27(21,22)25-26)10-6-2-4-8-12(10)18-14;;/h1-8,17-18H;;. The van der Waals surface area contributed by atoms with Crippen LogP contribution >= 0.6 is 0 Å². The molecule has 0 spiro atoms. The number of fused-ring (bicyclic) bond motifs is 7. The summed E-state index contributed by atoms with van der Waals surface area (Å²) in [5.41, 5.74) is 1.61. The van der Waals surface area contributed by atoms with Crippen molar-refractivity contribution in [3.8, 4) is 22.9 Å². The molecule has 0 saturated heterocycles. The molecule has 9 nitrogen and oxygen atoms in total. The van der Waals surface area contributed by atoms with E-state index in [2.05, 4.69) is 13.6 Å². The number of H-pyrrole nitrogens is 2. The van der Waals surface area contributed by atoms with Gasteiger partial charge >= 0.3 is 20.8 Å². The van der Waals surface area contributed by atoms with Gasteiger partial charge in [0, 0.05) is 80.9 Å². The maximum absolute atomic E-state index is 12.1. The zero-order valence-corrected chi connectivity index (χ0v) is 20.9. The second-order valence-corrected chi connectivity index (χ2v) is 8.31. The Morgan fingerprint density at radius 1 is 0.621 bits per heavy atom. The van der Waals surface area contributed by atoms with Crippen molar-refractivity contribution in [3.63, 3.8) is 0 Å².